The van der Waals surface area contributed by atoms with Crippen LogP contribution in [0.2, 0.25) is 0 Å². The summed E-state index contributed by atoms with van der Waals surface area (Å²) in [6, 6.07) is 7.93. The van der Waals surface area contributed by atoms with Gasteiger partial charge < -0.3 is 9.64 Å². The molecule has 0 radical (unpaired) electrons. The maximum atomic E-state index is 12.6. The van der Waals surface area contributed by atoms with Gasteiger partial charge in [0.25, 0.3) is 0 Å². The number of carbonyl (C=O) groups excluding carboxylic acids is 1. The maximum Gasteiger partial charge on any atom is 0.227 e. The van der Waals surface area contributed by atoms with Crippen LogP contribution in [0, 0.1) is 5.92 Å². The number of piperidine rings is 1. The van der Waals surface area contributed by atoms with E-state index < -0.39 is 0 Å². The first kappa shape index (κ1) is 13.8. The van der Waals surface area contributed by atoms with Crippen molar-refractivity contribution >= 4 is 17.2 Å². The average Bonchev–Trinajstić information content (AvgIpc) is 3.26. The highest BCUT2D eigenvalue weighted by atomic mass is 32.1. The van der Waals surface area contributed by atoms with Gasteiger partial charge in [0.15, 0.2) is 0 Å². The summed E-state index contributed by atoms with van der Waals surface area (Å²) in [4.78, 5) is 18.8. The summed E-state index contributed by atoms with van der Waals surface area (Å²) in [7, 11) is 0. The van der Waals surface area contributed by atoms with Crippen molar-refractivity contribution in [3.8, 4) is 5.88 Å². The number of amides is 1. The molecule has 1 saturated carbocycles. The van der Waals surface area contributed by atoms with Crippen LogP contribution in [0.5, 0.6) is 5.88 Å². The molecule has 2 aliphatic rings. The van der Waals surface area contributed by atoms with E-state index in [1.54, 1.807) is 17.5 Å². The first-order valence-corrected chi connectivity index (χ1v) is 8.64. The summed E-state index contributed by atoms with van der Waals surface area (Å²) < 4.78 is 6.08. The van der Waals surface area contributed by atoms with Crippen LogP contribution >= 0.6 is 11.3 Å². The Hall–Kier alpha value is -1.88. The van der Waals surface area contributed by atoms with Crippen molar-refractivity contribution in [1.82, 2.24) is 9.88 Å². The second kappa shape index (κ2) is 5.72. The predicted octanol–water partition coefficient (Wildman–Crippen LogP) is 2.75. The number of nitrogens with zero attached hydrogens (tertiary/aromatic N) is 2. The SMILES string of the molecule is O=C(Cc1ccsc1)N1C[C@H]2CC[C@H]1[C@H]2Oc1ccccn1. The molecule has 0 N–H and O–H groups in total. The van der Waals surface area contributed by atoms with Gasteiger partial charge in [0.05, 0.1) is 12.5 Å². The van der Waals surface area contributed by atoms with Crippen LogP contribution in [0.1, 0.15) is 18.4 Å². The molecule has 2 bridgehead atoms. The van der Waals surface area contributed by atoms with Crippen molar-refractivity contribution in [2.24, 2.45) is 5.92 Å². The third kappa shape index (κ3) is 2.50. The second-order valence-electron chi connectivity index (χ2n) is 6.01. The fourth-order valence-electron chi connectivity index (χ4n) is 3.63. The number of pyridine rings is 1. The lowest BCUT2D eigenvalue weighted by Gasteiger charge is -2.27. The summed E-state index contributed by atoms with van der Waals surface area (Å²) >= 11 is 1.64. The largest absolute Gasteiger partial charge is 0.472 e. The number of carbonyl (C=O) groups is 1. The molecule has 3 heterocycles. The monoisotopic (exact) mass is 314 g/mol. The van der Waals surface area contributed by atoms with Gasteiger partial charge in [0, 0.05) is 24.7 Å². The van der Waals surface area contributed by atoms with E-state index in [0.29, 0.717) is 18.2 Å². The molecule has 0 unspecified atom stereocenters. The molecule has 0 aromatic carbocycles. The first-order chi connectivity index (χ1) is 10.8. The molecule has 3 atom stereocenters. The van der Waals surface area contributed by atoms with Gasteiger partial charge in [-0.3, -0.25) is 4.79 Å². The van der Waals surface area contributed by atoms with Crippen LogP contribution in [-0.2, 0) is 11.2 Å². The quantitative estimate of drug-likeness (QED) is 0.871. The molecule has 4 rings (SSSR count). The Morgan fingerprint density at radius 3 is 3.09 bits per heavy atom. The maximum absolute atomic E-state index is 12.6. The highest BCUT2D eigenvalue weighted by Gasteiger charge is 2.50. The van der Waals surface area contributed by atoms with Gasteiger partial charge in [0.2, 0.25) is 11.8 Å². The van der Waals surface area contributed by atoms with Gasteiger partial charge in [-0.2, -0.15) is 11.3 Å². The summed E-state index contributed by atoms with van der Waals surface area (Å²) in [6.45, 7) is 0.825. The zero-order chi connectivity index (χ0) is 14.9. The number of fused-ring (bicyclic) bond motifs is 2. The zero-order valence-electron chi connectivity index (χ0n) is 12.2. The average molecular weight is 314 g/mol. The normalized spacial score (nSPS) is 26.4. The second-order valence-corrected chi connectivity index (χ2v) is 6.79. The molecule has 0 spiro atoms. The van der Waals surface area contributed by atoms with Crippen LogP contribution in [0.4, 0.5) is 0 Å². The van der Waals surface area contributed by atoms with E-state index in [1.165, 1.54) is 0 Å². The molecule has 2 aromatic heterocycles. The molecule has 2 fully saturated rings. The number of hydrogen-bond donors (Lipinski definition) is 0. The molecule has 2 aromatic rings. The van der Waals surface area contributed by atoms with Gasteiger partial charge >= 0.3 is 0 Å². The Bertz CT molecular complexity index is 644. The third-order valence-electron chi connectivity index (χ3n) is 4.66. The fraction of sp³-hybridized carbons (Fsp3) is 0.412. The number of hydrogen-bond acceptors (Lipinski definition) is 4. The summed E-state index contributed by atoms with van der Waals surface area (Å²) in [5.74, 6) is 1.33. The van der Waals surface area contributed by atoms with Crippen LogP contribution in [0.15, 0.2) is 41.2 Å². The van der Waals surface area contributed by atoms with Gasteiger partial charge in [-0.05, 0) is 41.3 Å². The summed E-state index contributed by atoms with van der Waals surface area (Å²) in [5, 5.41) is 4.07. The van der Waals surface area contributed by atoms with Crippen molar-refractivity contribution < 1.29 is 9.53 Å². The molecule has 1 aliphatic heterocycles. The van der Waals surface area contributed by atoms with Crippen LogP contribution in [0.3, 0.4) is 0 Å². The van der Waals surface area contributed by atoms with E-state index in [4.69, 9.17) is 4.74 Å². The van der Waals surface area contributed by atoms with Gasteiger partial charge in [-0.1, -0.05) is 6.07 Å². The van der Waals surface area contributed by atoms with Gasteiger partial charge in [0.1, 0.15) is 6.10 Å². The molecule has 1 aliphatic carbocycles. The molecule has 5 heteroatoms. The van der Waals surface area contributed by atoms with E-state index >= 15 is 0 Å². The molecule has 1 amide bonds. The van der Waals surface area contributed by atoms with Crippen LogP contribution in [-0.4, -0.2) is 34.5 Å². The van der Waals surface area contributed by atoms with E-state index in [1.807, 2.05) is 39.9 Å². The zero-order valence-corrected chi connectivity index (χ0v) is 13.0. The van der Waals surface area contributed by atoms with Gasteiger partial charge in [-0.25, -0.2) is 4.98 Å². The minimum atomic E-state index is 0.0984. The van der Waals surface area contributed by atoms with Gasteiger partial charge in [-0.15, -0.1) is 0 Å². The van der Waals surface area contributed by atoms with E-state index in [0.717, 1.165) is 24.9 Å². The summed E-state index contributed by atoms with van der Waals surface area (Å²) in [6.07, 6.45) is 4.53. The standard InChI is InChI=1S/C17H18N2O2S/c20-16(9-12-6-8-22-11-12)19-10-13-4-5-14(19)17(13)21-15-3-1-2-7-18-15/h1-3,6-8,11,13-14,17H,4-5,9-10H2/t13-,14+,17+/m1/s1. The molecule has 4 nitrogen and oxygen atoms in total. The predicted molar refractivity (Wildman–Crippen MR) is 84.9 cm³/mol. The molecule has 114 valence electrons. The summed E-state index contributed by atoms with van der Waals surface area (Å²) in [5.41, 5.74) is 1.11. The van der Waals surface area contributed by atoms with Crippen LogP contribution < -0.4 is 4.74 Å². The van der Waals surface area contributed by atoms with E-state index in [9.17, 15) is 4.79 Å². The smallest absolute Gasteiger partial charge is 0.227 e. The Balaban J connectivity index is 1.45. The number of ether oxygens (including phenoxy) is 1. The first-order valence-electron chi connectivity index (χ1n) is 7.69. The van der Waals surface area contributed by atoms with Crippen molar-refractivity contribution in [2.75, 3.05) is 6.54 Å². The highest BCUT2D eigenvalue weighted by Crippen LogP contribution is 2.40. The molecular formula is C17H18N2O2S. The van der Waals surface area contributed by atoms with Crippen molar-refractivity contribution in [2.45, 2.75) is 31.4 Å². The lowest BCUT2D eigenvalue weighted by molar-refractivity contribution is -0.132. The van der Waals surface area contributed by atoms with Crippen molar-refractivity contribution in [3.05, 3.63) is 46.8 Å². The number of rotatable bonds is 4. The minimum Gasteiger partial charge on any atom is -0.472 e. The van der Waals surface area contributed by atoms with Crippen molar-refractivity contribution in [3.63, 3.8) is 0 Å². The number of aromatic nitrogens is 1. The highest BCUT2D eigenvalue weighted by molar-refractivity contribution is 7.07. The number of thiophene rings is 1. The molecular weight excluding hydrogens is 296 g/mol. The van der Waals surface area contributed by atoms with E-state index in [-0.39, 0.29) is 18.1 Å². The molecule has 1 saturated heterocycles. The van der Waals surface area contributed by atoms with E-state index in [2.05, 4.69) is 4.98 Å². The lowest BCUT2D eigenvalue weighted by atomic mass is 10.1. The molecule has 22 heavy (non-hydrogen) atoms. The number of likely N-dealkylation sites (tertiary alicyclic amines) is 1. The third-order valence-corrected chi connectivity index (χ3v) is 5.39. The fourth-order valence-corrected chi connectivity index (χ4v) is 4.30. The Labute approximate surface area is 133 Å². The Morgan fingerprint density at radius 1 is 1.36 bits per heavy atom. The minimum absolute atomic E-state index is 0.0984. The lowest BCUT2D eigenvalue weighted by Crippen LogP contribution is -2.41. The Kier molecular flexibility index (Phi) is 3.58. The Morgan fingerprint density at radius 2 is 2.32 bits per heavy atom. The topological polar surface area (TPSA) is 42.4 Å². The van der Waals surface area contributed by atoms with Crippen LogP contribution in [0.25, 0.3) is 0 Å². The van der Waals surface area contributed by atoms with Crippen molar-refractivity contribution in [1.29, 1.82) is 0 Å².